The highest BCUT2D eigenvalue weighted by Gasteiger charge is 2.36. The van der Waals surface area contributed by atoms with Crippen LogP contribution in [0.3, 0.4) is 0 Å². The van der Waals surface area contributed by atoms with E-state index in [1.54, 1.807) is 13.2 Å². The molecule has 1 saturated heterocycles. The van der Waals surface area contributed by atoms with Crippen LogP contribution in [0.1, 0.15) is 18.5 Å². The number of nitrogens with one attached hydrogen (secondary N) is 1. The summed E-state index contributed by atoms with van der Waals surface area (Å²) in [6.07, 6.45) is 4.34. The Kier molecular flexibility index (Phi) is 2.81. The molecule has 1 N–H and O–H groups in total. The molecule has 0 aliphatic carbocycles. The third-order valence-electron chi connectivity index (χ3n) is 2.71. The van der Waals surface area contributed by atoms with Gasteiger partial charge in [-0.15, -0.1) is 0 Å². The molecule has 0 unspecified atom stereocenters. The molecule has 1 atom stereocenters. The van der Waals surface area contributed by atoms with E-state index in [0.717, 1.165) is 0 Å². The number of aromatic amines is 1. The van der Waals surface area contributed by atoms with Gasteiger partial charge >= 0.3 is 0 Å². The predicted octanol–water partition coefficient (Wildman–Crippen LogP) is -0.0191. The summed E-state index contributed by atoms with van der Waals surface area (Å²) >= 11 is 0. The van der Waals surface area contributed by atoms with E-state index in [1.807, 2.05) is 0 Å². The standard InChI is InChI=1S/C9H12N3O3S/c1-7-9(5-10-11-7)16(14,15)12-4-2-3-8(12)6-13/h5,8H,2-4H2,1H3,(H,10,11)/t8-/m0/s1. The fraction of sp³-hybridized carbons (Fsp3) is 0.556. The van der Waals surface area contributed by atoms with Gasteiger partial charge in [0.25, 0.3) is 0 Å². The first-order valence-electron chi connectivity index (χ1n) is 4.97. The lowest BCUT2D eigenvalue weighted by Gasteiger charge is -2.18. The first-order chi connectivity index (χ1) is 7.57. The molecule has 1 fully saturated rings. The zero-order valence-electron chi connectivity index (χ0n) is 8.80. The van der Waals surface area contributed by atoms with Crippen LogP contribution >= 0.6 is 0 Å². The van der Waals surface area contributed by atoms with Gasteiger partial charge < -0.3 is 0 Å². The maximum absolute atomic E-state index is 12.2. The molecule has 16 heavy (non-hydrogen) atoms. The van der Waals surface area contributed by atoms with Crippen LogP contribution in [0, 0.1) is 6.92 Å². The van der Waals surface area contributed by atoms with Crippen molar-refractivity contribution in [2.45, 2.75) is 30.7 Å². The molecule has 2 rings (SSSR count). The van der Waals surface area contributed by atoms with Gasteiger partial charge in [-0.25, -0.2) is 8.42 Å². The van der Waals surface area contributed by atoms with Gasteiger partial charge in [0.2, 0.25) is 16.3 Å². The molecule has 0 aromatic carbocycles. The summed E-state index contributed by atoms with van der Waals surface area (Å²) in [6, 6.07) is -0.653. The Morgan fingerprint density at radius 2 is 2.38 bits per heavy atom. The smallest absolute Gasteiger partial charge is 0.247 e. The molecular formula is C9H12N3O3S. The second-order valence-corrected chi connectivity index (χ2v) is 5.59. The fourth-order valence-corrected chi connectivity index (χ4v) is 3.61. The van der Waals surface area contributed by atoms with E-state index >= 15 is 0 Å². The van der Waals surface area contributed by atoms with Crippen LogP contribution in [-0.2, 0) is 14.8 Å². The van der Waals surface area contributed by atoms with Crippen LogP contribution in [0.4, 0.5) is 0 Å². The number of aromatic nitrogens is 2. The summed E-state index contributed by atoms with van der Waals surface area (Å²) in [5.74, 6) is 0. The van der Waals surface area contributed by atoms with E-state index in [1.165, 1.54) is 10.5 Å². The number of sulfonamides is 1. The number of rotatable bonds is 3. The molecule has 1 aromatic rings. The number of nitrogens with zero attached hydrogens (tertiary/aromatic N) is 2. The van der Waals surface area contributed by atoms with Crippen molar-refractivity contribution in [2.75, 3.05) is 6.54 Å². The molecule has 1 aliphatic rings. The molecule has 6 nitrogen and oxygen atoms in total. The number of hydrogen-bond acceptors (Lipinski definition) is 4. The van der Waals surface area contributed by atoms with E-state index in [2.05, 4.69) is 10.2 Å². The van der Waals surface area contributed by atoms with E-state index < -0.39 is 16.1 Å². The van der Waals surface area contributed by atoms with E-state index in [0.29, 0.717) is 25.1 Å². The maximum Gasteiger partial charge on any atom is 0.247 e. The number of aryl methyl sites for hydroxylation is 1. The SMILES string of the molecule is Cc1n[nH]cc1S(=O)(=O)N1CCC[C@H]1[C]=O. The molecule has 0 bridgehead atoms. The van der Waals surface area contributed by atoms with Crippen LogP contribution in [0.25, 0.3) is 0 Å². The Morgan fingerprint density at radius 3 is 2.94 bits per heavy atom. The summed E-state index contributed by atoms with van der Waals surface area (Å²) in [5, 5.41) is 6.28. The molecule has 0 amide bonds. The summed E-state index contributed by atoms with van der Waals surface area (Å²) in [5.41, 5.74) is 0.413. The average molecular weight is 242 g/mol. The van der Waals surface area contributed by atoms with Crippen molar-refractivity contribution in [1.82, 2.24) is 14.5 Å². The Balaban J connectivity index is 2.40. The first kappa shape index (κ1) is 11.3. The van der Waals surface area contributed by atoms with Gasteiger partial charge in [-0.3, -0.25) is 9.89 Å². The maximum atomic E-state index is 12.2. The van der Waals surface area contributed by atoms with Crippen molar-refractivity contribution in [1.29, 1.82) is 0 Å². The third kappa shape index (κ3) is 1.65. The Hall–Kier alpha value is -1.21. The molecule has 0 saturated carbocycles. The van der Waals surface area contributed by atoms with Crippen molar-refractivity contribution < 1.29 is 13.2 Å². The van der Waals surface area contributed by atoms with Crippen LogP contribution in [0.15, 0.2) is 11.1 Å². The number of carbonyl (C=O) groups excluding carboxylic acids is 1. The molecule has 1 radical (unpaired) electrons. The van der Waals surface area contributed by atoms with Crippen molar-refractivity contribution in [3.8, 4) is 0 Å². The van der Waals surface area contributed by atoms with Crippen LogP contribution in [0.2, 0.25) is 0 Å². The van der Waals surface area contributed by atoms with Crippen LogP contribution in [-0.4, -0.2) is 41.8 Å². The Morgan fingerprint density at radius 1 is 1.62 bits per heavy atom. The van der Waals surface area contributed by atoms with E-state index in [9.17, 15) is 13.2 Å². The first-order valence-corrected chi connectivity index (χ1v) is 6.41. The van der Waals surface area contributed by atoms with Gasteiger partial charge in [-0.2, -0.15) is 9.40 Å². The number of H-pyrrole nitrogens is 1. The molecule has 2 heterocycles. The summed E-state index contributed by atoms with van der Waals surface area (Å²) < 4.78 is 25.5. The van der Waals surface area contributed by atoms with Gasteiger partial charge in [-0.05, 0) is 19.8 Å². The topological polar surface area (TPSA) is 83.1 Å². The minimum atomic E-state index is -3.61. The fourth-order valence-electron chi connectivity index (χ4n) is 1.88. The summed E-state index contributed by atoms with van der Waals surface area (Å²) in [4.78, 5) is 10.8. The normalized spacial score (nSPS) is 22.4. The quantitative estimate of drug-likeness (QED) is 0.807. The zero-order chi connectivity index (χ0) is 11.8. The largest absolute Gasteiger partial charge is 0.289 e. The van der Waals surface area contributed by atoms with Crippen molar-refractivity contribution in [3.63, 3.8) is 0 Å². The third-order valence-corrected chi connectivity index (χ3v) is 4.73. The molecule has 87 valence electrons. The Labute approximate surface area is 93.7 Å². The summed E-state index contributed by atoms with van der Waals surface area (Å²) in [6.45, 7) is 1.98. The summed E-state index contributed by atoms with van der Waals surface area (Å²) in [7, 11) is -3.61. The van der Waals surface area contributed by atoms with Gasteiger partial charge in [0, 0.05) is 12.7 Å². The van der Waals surface area contributed by atoms with Crippen molar-refractivity contribution >= 4 is 16.3 Å². The number of hydrogen-bond donors (Lipinski definition) is 1. The average Bonchev–Trinajstić information content (AvgIpc) is 2.85. The van der Waals surface area contributed by atoms with Gasteiger partial charge in [0.15, 0.2) is 0 Å². The van der Waals surface area contributed by atoms with Crippen LogP contribution < -0.4 is 0 Å². The van der Waals surface area contributed by atoms with Gasteiger partial charge in [0.1, 0.15) is 4.90 Å². The van der Waals surface area contributed by atoms with Gasteiger partial charge in [0.05, 0.1) is 11.7 Å². The van der Waals surface area contributed by atoms with E-state index in [-0.39, 0.29) is 4.90 Å². The second kappa shape index (κ2) is 3.99. The van der Waals surface area contributed by atoms with E-state index in [4.69, 9.17) is 0 Å². The second-order valence-electron chi connectivity index (χ2n) is 3.73. The van der Waals surface area contributed by atoms with Crippen molar-refractivity contribution in [2.24, 2.45) is 0 Å². The molecule has 0 spiro atoms. The monoisotopic (exact) mass is 242 g/mol. The highest BCUT2D eigenvalue weighted by Crippen LogP contribution is 2.25. The molecule has 1 aliphatic heterocycles. The lowest BCUT2D eigenvalue weighted by molar-refractivity contribution is 0.426. The Bertz CT molecular complexity index is 494. The zero-order valence-corrected chi connectivity index (χ0v) is 9.62. The molecule has 1 aromatic heterocycles. The lowest BCUT2D eigenvalue weighted by Crippen LogP contribution is -2.36. The van der Waals surface area contributed by atoms with Crippen molar-refractivity contribution in [3.05, 3.63) is 11.9 Å². The molecular weight excluding hydrogens is 230 g/mol. The lowest BCUT2D eigenvalue weighted by atomic mass is 10.2. The molecule has 7 heteroatoms. The minimum absolute atomic E-state index is 0.134. The predicted molar refractivity (Wildman–Crippen MR) is 55.9 cm³/mol. The minimum Gasteiger partial charge on any atom is -0.289 e. The van der Waals surface area contributed by atoms with Crippen LogP contribution in [0.5, 0.6) is 0 Å². The van der Waals surface area contributed by atoms with Gasteiger partial charge in [-0.1, -0.05) is 0 Å². The highest BCUT2D eigenvalue weighted by molar-refractivity contribution is 7.89. The highest BCUT2D eigenvalue weighted by atomic mass is 32.2.